The molecule has 0 saturated carbocycles. The maximum atomic E-state index is 12.6. The van der Waals surface area contributed by atoms with Gasteiger partial charge in [0.15, 0.2) is 0 Å². The normalized spacial score (nSPS) is 11.2. The molecule has 0 fully saturated rings. The quantitative estimate of drug-likeness (QED) is 0.563. The standard InChI is InChI=1S/C18H13ClN4O/c1-11-12-6-2-4-8-14(12)20-16(17(11)19)10-23-18(24)13-7-3-5-9-15(13)21-22-23/h2-9H,10H2,1H3. The molecule has 0 aliphatic carbocycles. The van der Waals surface area contributed by atoms with Crippen LogP contribution < -0.4 is 5.56 Å². The van der Waals surface area contributed by atoms with Crippen molar-refractivity contribution in [2.45, 2.75) is 13.5 Å². The predicted molar refractivity (Wildman–Crippen MR) is 94.4 cm³/mol. The minimum Gasteiger partial charge on any atom is -0.267 e. The van der Waals surface area contributed by atoms with Gasteiger partial charge in [0.2, 0.25) is 0 Å². The monoisotopic (exact) mass is 336 g/mol. The fraction of sp³-hybridized carbons (Fsp3) is 0.111. The van der Waals surface area contributed by atoms with Crippen molar-refractivity contribution >= 4 is 33.4 Å². The van der Waals surface area contributed by atoms with Gasteiger partial charge in [-0.3, -0.25) is 4.79 Å². The second-order valence-electron chi connectivity index (χ2n) is 5.58. The van der Waals surface area contributed by atoms with Crippen molar-refractivity contribution in [1.82, 2.24) is 20.0 Å². The third kappa shape index (κ3) is 2.34. The number of benzene rings is 2. The zero-order valence-electron chi connectivity index (χ0n) is 12.9. The highest BCUT2D eigenvalue weighted by Crippen LogP contribution is 2.27. The summed E-state index contributed by atoms with van der Waals surface area (Å²) in [5.41, 5.74) is 2.77. The average molecular weight is 337 g/mol. The molecule has 2 aromatic heterocycles. The van der Waals surface area contributed by atoms with Gasteiger partial charge < -0.3 is 0 Å². The fourth-order valence-electron chi connectivity index (χ4n) is 2.79. The van der Waals surface area contributed by atoms with Gasteiger partial charge in [0.05, 0.1) is 28.2 Å². The molecule has 4 aromatic rings. The number of nitrogens with zero attached hydrogens (tertiary/aromatic N) is 4. The van der Waals surface area contributed by atoms with Gasteiger partial charge in [-0.05, 0) is 30.7 Å². The van der Waals surface area contributed by atoms with E-state index in [1.54, 1.807) is 18.2 Å². The van der Waals surface area contributed by atoms with Gasteiger partial charge in [0.1, 0.15) is 5.52 Å². The van der Waals surface area contributed by atoms with Crippen LogP contribution in [0.2, 0.25) is 5.02 Å². The number of fused-ring (bicyclic) bond motifs is 2. The van der Waals surface area contributed by atoms with Crippen LogP contribution in [0.5, 0.6) is 0 Å². The third-order valence-electron chi connectivity index (χ3n) is 4.07. The van der Waals surface area contributed by atoms with Crippen molar-refractivity contribution in [2.24, 2.45) is 0 Å². The van der Waals surface area contributed by atoms with Gasteiger partial charge >= 0.3 is 0 Å². The minimum absolute atomic E-state index is 0.182. The molecule has 24 heavy (non-hydrogen) atoms. The maximum absolute atomic E-state index is 12.6. The van der Waals surface area contributed by atoms with E-state index in [9.17, 15) is 4.79 Å². The van der Waals surface area contributed by atoms with Crippen molar-refractivity contribution in [3.63, 3.8) is 0 Å². The summed E-state index contributed by atoms with van der Waals surface area (Å²) in [6.45, 7) is 2.13. The van der Waals surface area contributed by atoms with Crippen LogP contribution in [0.1, 0.15) is 11.3 Å². The predicted octanol–water partition coefficient (Wildman–Crippen LogP) is 3.35. The van der Waals surface area contributed by atoms with E-state index in [0.717, 1.165) is 16.5 Å². The van der Waals surface area contributed by atoms with E-state index in [1.165, 1.54) is 4.68 Å². The Balaban J connectivity index is 1.87. The maximum Gasteiger partial charge on any atom is 0.277 e. The molecule has 0 atom stereocenters. The summed E-state index contributed by atoms with van der Waals surface area (Å²) in [7, 11) is 0. The lowest BCUT2D eigenvalue weighted by molar-refractivity contribution is 0.593. The molecule has 0 aliphatic heterocycles. The van der Waals surface area contributed by atoms with Crippen molar-refractivity contribution < 1.29 is 0 Å². The van der Waals surface area contributed by atoms with Crippen LogP contribution in [0.25, 0.3) is 21.8 Å². The van der Waals surface area contributed by atoms with Gasteiger partial charge in [-0.1, -0.05) is 47.1 Å². The number of aromatic nitrogens is 4. The highest BCUT2D eigenvalue weighted by Gasteiger charge is 2.13. The van der Waals surface area contributed by atoms with Gasteiger partial charge in [-0.15, -0.1) is 5.10 Å². The molecule has 0 N–H and O–H groups in total. The summed E-state index contributed by atoms with van der Waals surface area (Å²) in [5, 5.41) is 10.2. The number of hydrogen-bond acceptors (Lipinski definition) is 4. The molecule has 6 heteroatoms. The lowest BCUT2D eigenvalue weighted by atomic mass is 10.1. The molecule has 0 radical (unpaired) electrons. The van der Waals surface area contributed by atoms with E-state index in [0.29, 0.717) is 21.6 Å². The van der Waals surface area contributed by atoms with Crippen molar-refractivity contribution in [3.05, 3.63) is 75.2 Å². The third-order valence-corrected chi connectivity index (χ3v) is 4.58. The zero-order chi connectivity index (χ0) is 16.7. The average Bonchev–Trinajstić information content (AvgIpc) is 2.62. The summed E-state index contributed by atoms with van der Waals surface area (Å²) < 4.78 is 1.30. The van der Waals surface area contributed by atoms with Crippen molar-refractivity contribution in [2.75, 3.05) is 0 Å². The molecule has 5 nitrogen and oxygen atoms in total. The van der Waals surface area contributed by atoms with Gasteiger partial charge in [0, 0.05) is 5.39 Å². The van der Waals surface area contributed by atoms with Crippen LogP contribution in [0, 0.1) is 6.92 Å². The number of halogens is 1. The van der Waals surface area contributed by atoms with Crippen LogP contribution in [0.15, 0.2) is 53.3 Å². The number of aryl methyl sites for hydroxylation is 1. The second kappa shape index (κ2) is 5.69. The molecule has 0 saturated heterocycles. The largest absolute Gasteiger partial charge is 0.277 e. The Morgan fingerprint density at radius 3 is 2.46 bits per heavy atom. The topological polar surface area (TPSA) is 60.7 Å². The molecular weight excluding hydrogens is 324 g/mol. The molecule has 2 aromatic carbocycles. The minimum atomic E-state index is -0.204. The van der Waals surface area contributed by atoms with Crippen molar-refractivity contribution in [1.29, 1.82) is 0 Å². The summed E-state index contributed by atoms with van der Waals surface area (Å²) in [5.74, 6) is 0. The first-order valence-electron chi connectivity index (χ1n) is 7.51. The highest BCUT2D eigenvalue weighted by molar-refractivity contribution is 6.32. The lowest BCUT2D eigenvalue weighted by Crippen LogP contribution is -2.25. The Labute approximate surface area is 142 Å². The molecule has 0 aliphatic rings. The Morgan fingerprint density at radius 1 is 1.00 bits per heavy atom. The first-order chi connectivity index (χ1) is 11.6. The molecule has 2 heterocycles. The van der Waals surface area contributed by atoms with Crippen LogP contribution in [-0.2, 0) is 6.54 Å². The summed E-state index contributed by atoms with van der Waals surface area (Å²) >= 11 is 6.47. The first-order valence-corrected chi connectivity index (χ1v) is 7.89. The number of pyridine rings is 1. The highest BCUT2D eigenvalue weighted by atomic mass is 35.5. The second-order valence-corrected chi connectivity index (χ2v) is 5.96. The van der Waals surface area contributed by atoms with E-state index in [2.05, 4.69) is 15.3 Å². The summed E-state index contributed by atoms with van der Waals surface area (Å²) in [6, 6.07) is 14.9. The van der Waals surface area contributed by atoms with Gasteiger partial charge in [-0.2, -0.15) is 0 Å². The van der Waals surface area contributed by atoms with E-state index in [-0.39, 0.29) is 12.1 Å². The van der Waals surface area contributed by atoms with Gasteiger partial charge in [-0.25, -0.2) is 9.67 Å². The summed E-state index contributed by atoms with van der Waals surface area (Å²) in [6.07, 6.45) is 0. The van der Waals surface area contributed by atoms with E-state index < -0.39 is 0 Å². The molecule has 0 amide bonds. The zero-order valence-corrected chi connectivity index (χ0v) is 13.7. The summed E-state index contributed by atoms with van der Waals surface area (Å²) in [4.78, 5) is 17.2. The molecule has 118 valence electrons. The van der Waals surface area contributed by atoms with E-state index in [1.807, 2.05) is 37.3 Å². The Bertz CT molecular complexity index is 1140. The number of rotatable bonds is 2. The molecule has 0 unspecified atom stereocenters. The van der Waals surface area contributed by atoms with Crippen LogP contribution in [0.4, 0.5) is 0 Å². The number of para-hydroxylation sites is 1. The Hall–Kier alpha value is -2.79. The SMILES string of the molecule is Cc1c(Cl)c(Cn2nnc3ccccc3c2=O)nc2ccccc12. The first kappa shape index (κ1) is 14.8. The van der Waals surface area contributed by atoms with Crippen LogP contribution in [-0.4, -0.2) is 20.0 Å². The van der Waals surface area contributed by atoms with Crippen LogP contribution in [0.3, 0.4) is 0 Å². The van der Waals surface area contributed by atoms with Crippen molar-refractivity contribution in [3.8, 4) is 0 Å². The number of hydrogen-bond donors (Lipinski definition) is 0. The molecule has 0 bridgehead atoms. The smallest absolute Gasteiger partial charge is 0.267 e. The molecule has 4 rings (SSSR count). The van der Waals surface area contributed by atoms with Crippen LogP contribution >= 0.6 is 11.6 Å². The fourth-order valence-corrected chi connectivity index (χ4v) is 2.99. The Morgan fingerprint density at radius 2 is 1.67 bits per heavy atom. The lowest BCUT2D eigenvalue weighted by Gasteiger charge is -2.10. The molecule has 0 spiro atoms. The Kier molecular flexibility index (Phi) is 3.50. The van der Waals surface area contributed by atoms with E-state index in [4.69, 9.17) is 11.6 Å². The molecular formula is C18H13ClN4O. The van der Waals surface area contributed by atoms with Gasteiger partial charge in [0.25, 0.3) is 5.56 Å². The van der Waals surface area contributed by atoms with E-state index >= 15 is 0 Å².